The van der Waals surface area contributed by atoms with Crippen molar-refractivity contribution in [3.8, 4) is 0 Å². The van der Waals surface area contributed by atoms with E-state index in [0.29, 0.717) is 11.4 Å². The van der Waals surface area contributed by atoms with Crippen molar-refractivity contribution >= 4 is 11.6 Å². The summed E-state index contributed by atoms with van der Waals surface area (Å²) in [6.45, 7) is 3.68. The van der Waals surface area contributed by atoms with Crippen molar-refractivity contribution in [3.05, 3.63) is 40.1 Å². The molecule has 0 amide bonds. The second kappa shape index (κ2) is 4.55. The molecule has 1 unspecified atom stereocenters. The van der Waals surface area contributed by atoms with Gasteiger partial charge in [0.1, 0.15) is 5.76 Å². The molecule has 2 rings (SSSR count). The van der Waals surface area contributed by atoms with Crippen molar-refractivity contribution < 1.29 is 9.52 Å². The smallest absolute Gasteiger partial charge is 0.106 e. The topological polar surface area (TPSA) is 51.2 Å². The summed E-state index contributed by atoms with van der Waals surface area (Å²) in [5.74, 6) is 0.729. The fraction of sp³-hybridized carbons (Fsp3) is 0.417. The molecule has 0 aliphatic rings. The fourth-order valence-corrected chi connectivity index (χ4v) is 2.17. The molecule has 0 radical (unpaired) electrons. The van der Waals surface area contributed by atoms with Crippen LogP contribution >= 0.6 is 11.6 Å². The number of aliphatic hydroxyl groups excluding tert-OH is 1. The summed E-state index contributed by atoms with van der Waals surface area (Å²) >= 11 is 6.14. The molecule has 2 aromatic rings. The average molecular weight is 255 g/mol. The number of aryl methyl sites for hydroxylation is 3. The van der Waals surface area contributed by atoms with Crippen LogP contribution in [0.2, 0.25) is 5.02 Å². The van der Waals surface area contributed by atoms with Gasteiger partial charge in [0, 0.05) is 19.0 Å². The molecular weight excluding hydrogens is 240 g/mol. The number of aromatic nitrogens is 2. The van der Waals surface area contributed by atoms with Gasteiger partial charge in [-0.3, -0.25) is 4.68 Å². The molecule has 0 saturated carbocycles. The Kier molecular flexibility index (Phi) is 3.26. The largest absolute Gasteiger partial charge is 0.469 e. The lowest BCUT2D eigenvalue weighted by Gasteiger charge is -2.10. The van der Waals surface area contributed by atoms with Crippen molar-refractivity contribution in [1.29, 1.82) is 0 Å². The zero-order valence-electron chi connectivity index (χ0n) is 10.1. The van der Waals surface area contributed by atoms with Gasteiger partial charge in [0.25, 0.3) is 0 Å². The minimum absolute atomic E-state index is 0.427. The van der Waals surface area contributed by atoms with E-state index in [1.54, 1.807) is 17.0 Å². The van der Waals surface area contributed by atoms with Crippen molar-refractivity contribution in [2.24, 2.45) is 7.05 Å². The van der Waals surface area contributed by atoms with Gasteiger partial charge in [-0.1, -0.05) is 11.6 Å². The third-order valence-corrected chi connectivity index (χ3v) is 3.40. The Hall–Kier alpha value is -1.26. The Balaban J connectivity index is 2.24. The highest BCUT2D eigenvalue weighted by Gasteiger charge is 2.18. The maximum atomic E-state index is 10.1. The maximum Gasteiger partial charge on any atom is 0.106 e. The van der Waals surface area contributed by atoms with E-state index in [4.69, 9.17) is 16.0 Å². The predicted octanol–water partition coefficient (Wildman–Crippen LogP) is 2.56. The van der Waals surface area contributed by atoms with E-state index in [-0.39, 0.29) is 0 Å². The van der Waals surface area contributed by atoms with Crippen molar-refractivity contribution in [2.45, 2.75) is 26.4 Å². The minimum atomic E-state index is -0.624. The van der Waals surface area contributed by atoms with E-state index in [1.165, 1.54) is 0 Å². The summed E-state index contributed by atoms with van der Waals surface area (Å²) in [6.07, 6.45) is 1.38. The zero-order chi connectivity index (χ0) is 12.6. The lowest BCUT2D eigenvalue weighted by atomic mass is 10.1. The Morgan fingerprint density at radius 2 is 2.24 bits per heavy atom. The van der Waals surface area contributed by atoms with Crippen LogP contribution in [0.1, 0.15) is 28.8 Å². The molecule has 17 heavy (non-hydrogen) atoms. The molecule has 2 heterocycles. The standard InChI is InChI=1S/C12H15ClN2O2/c1-7-12(13)10(15(3)14-7)6-11(16)9-4-5-17-8(9)2/h4-5,11,16H,6H2,1-3H3. The summed E-state index contributed by atoms with van der Waals surface area (Å²) in [5.41, 5.74) is 2.40. The molecule has 0 bridgehead atoms. The molecule has 1 atom stereocenters. The fourth-order valence-electron chi connectivity index (χ4n) is 1.94. The van der Waals surface area contributed by atoms with Crippen molar-refractivity contribution in [1.82, 2.24) is 9.78 Å². The van der Waals surface area contributed by atoms with E-state index in [0.717, 1.165) is 22.7 Å². The molecule has 2 aromatic heterocycles. The van der Waals surface area contributed by atoms with Gasteiger partial charge in [0.05, 0.1) is 28.8 Å². The van der Waals surface area contributed by atoms with E-state index in [1.807, 2.05) is 20.9 Å². The monoisotopic (exact) mass is 254 g/mol. The summed E-state index contributed by atoms with van der Waals surface area (Å²) in [4.78, 5) is 0. The quantitative estimate of drug-likeness (QED) is 0.916. The van der Waals surface area contributed by atoms with Crippen LogP contribution in [0.25, 0.3) is 0 Å². The normalized spacial score (nSPS) is 13.0. The zero-order valence-corrected chi connectivity index (χ0v) is 10.8. The van der Waals surface area contributed by atoms with Gasteiger partial charge < -0.3 is 9.52 Å². The molecule has 0 spiro atoms. The Morgan fingerprint density at radius 1 is 1.53 bits per heavy atom. The van der Waals surface area contributed by atoms with Crippen LogP contribution in [0.3, 0.4) is 0 Å². The molecule has 0 aliphatic carbocycles. The van der Waals surface area contributed by atoms with Crippen LogP contribution in [0, 0.1) is 13.8 Å². The molecule has 0 aliphatic heterocycles. The van der Waals surface area contributed by atoms with E-state index >= 15 is 0 Å². The van der Waals surface area contributed by atoms with E-state index < -0.39 is 6.10 Å². The highest BCUT2D eigenvalue weighted by Crippen LogP contribution is 2.27. The average Bonchev–Trinajstić information content (AvgIpc) is 2.78. The molecule has 1 N–H and O–H groups in total. The Bertz CT molecular complexity index is 531. The molecule has 0 saturated heterocycles. The molecule has 92 valence electrons. The number of nitrogens with zero attached hydrogens (tertiary/aromatic N) is 2. The van der Waals surface area contributed by atoms with Gasteiger partial charge in [-0.25, -0.2) is 0 Å². The first-order chi connectivity index (χ1) is 8.00. The number of halogens is 1. The van der Waals surface area contributed by atoms with Crippen molar-refractivity contribution in [3.63, 3.8) is 0 Å². The van der Waals surface area contributed by atoms with Gasteiger partial charge in [0.2, 0.25) is 0 Å². The number of furan rings is 1. The first-order valence-electron chi connectivity index (χ1n) is 5.40. The number of hydrogen-bond donors (Lipinski definition) is 1. The third kappa shape index (κ3) is 2.23. The van der Waals surface area contributed by atoms with E-state index in [2.05, 4.69) is 5.10 Å². The summed E-state index contributed by atoms with van der Waals surface area (Å²) in [6, 6.07) is 1.77. The van der Waals surface area contributed by atoms with Gasteiger partial charge in [-0.05, 0) is 19.9 Å². The predicted molar refractivity (Wildman–Crippen MR) is 65.1 cm³/mol. The molecular formula is C12H15ClN2O2. The summed E-state index contributed by atoms with van der Waals surface area (Å²) < 4.78 is 6.88. The molecule has 0 fully saturated rings. The van der Waals surface area contributed by atoms with Crippen LogP contribution < -0.4 is 0 Å². The number of hydrogen-bond acceptors (Lipinski definition) is 3. The van der Waals surface area contributed by atoms with Crippen LogP contribution in [-0.2, 0) is 13.5 Å². The number of aliphatic hydroxyl groups is 1. The van der Waals surface area contributed by atoms with Crippen LogP contribution in [0.4, 0.5) is 0 Å². The SMILES string of the molecule is Cc1nn(C)c(CC(O)c2ccoc2C)c1Cl. The second-order valence-corrected chi connectivity index (χ2v) is 4.50. The first-order valence-corrected chi connectivity index (χ1v) is 5.78. The van der Waals surface area contributed by atoms with Gasteiger partial charge in [-0.15, -0.1) is 0 Å². The molecule has 0 aromatic carbocycles. The lowest BCUT2D eigenvalue weighted by molar-refractivity contribution is 0.174. The van der Waals surface area contributed by atoms with Gasteiger partial charge in [0.15, 0.2) is 0 Å². The third-order valence-electron chi connectivity index (χ3n) is 2.91. The summed E-state index contributed by atoms with van der Waals surface area (Å²) in [5, 5.41) is 15.0. The Morgan fingerprint density at radius 3 is 2.71 bits per heavy atom. The Labute approximate surface area is 105 Å². The van der Waals surface area contributed by atoms with Crippen molar-refractivity contribution in [2.75, 3.05) is 0 Å². The maximum absolute atomic E-state index is 10.1. The van der Waals surface area contributed by atoms with Crippen LogP contribution in [0.5, 0.6) is 0 Å². The molecule has 5 heteroatoms. The van der Waals surface area contributed by atoms with E-state index in [9.17, 15) is 5.11 Å². The highest BCUT2D eigenvalue weighted by atomic mass is 35.5. The van der Waals surface area contributed by atoms with Crippen LogP contribution in [0.15, 0.2) is 16.7 Å². The lowest BCUT2D eigenvalue weighted by Crippen LogP contribution is -2.07. The first kappa shape index (κ1) is 12.2. The van der Waals surface area contributed by atoms with Crippen LogP contribution in [-0.4, -0.2) is 14.9 Å². The summed E-state index contributed by atoms with van der Waals surface area (Å²) in [7, 11) is 1.82. The van der Waals surface area contributed by atoms with Gasteiger partial charge in [-0.2, -0.15) is 5.10 Å². The minimum Gasteiger partial charge on any atom is -0.469 e. The second-order valence-electron chi connectivity index (χ2n) is 4.12. The highest BCUT2D eigenvalue weighted by molar-refractivity contribution is 6.31. The number of rotatable bonds is 3. The van der Waals surface area contributed by atoms with Gasteiger partial charge >= 0.3 is 0 Å². The molecule has 4 nitrogen and oxygen atoms in total.